The lowest BCUT2D eigenvalue weighted by Gasteiger charge is -2.24. The summed E-state index contributed by atoms with van der Waals surface area (Å²) in [5.41, 5.74) is 0. The third-order valence-corrected chi connectivity index (χ3v) is 2.70. The molecule has 3 heteroatoms. The number of carbonyl (C=O) groups is 1. The summed E-state index contributed by atoms with van der Waals surface area (Å²) in [5, 5.41) is 3.23. The number of hydrogen-bond acceptors (Lipinski definition) is 3. The number of nitrogens with one attached hydrogen (secondary N) is 1. The molecule has 0 aromatic rings. The van der Waals surface area contributed by atoms with E-state index in [-0.39, 0.29) is 12.0 Å². The van der Waals surface area contributed by atoms with Gasteiger partial charge in [-0.2, -0.15) is 0 Å². The Morgan fingerprint density at radius 2 is 2.43 bits per heavy atom. The lowest BCUT2D eigenvalue weighted by molar-refractivity contribution is -0.126. The van der Waals surface area contributed by atoms with Crippen LogP contribution in [0, 0.1) is 5.92 Å². The molecule has 0 aromatic carbocycles. The van der Waals surface area contributed by atoms with Gasteiger partial charge in [0, 0.05) is 25.4 Å². The quantitative estimate of drug-likeness (QED) is 0.726. The van der Waals surface area contributed by atoms with Crippen LogP contribution in [-0.4, -0.2) is 31.6 Å². The van der Waals surface area contributed by atoms with E-state index in [9.17, 15) is 4.79 Å². The second kappa shape index (κ2) is 6.14. The molecule has 82 valence electrons. The molecule has 3 nitrogen and oxygen atoms in total. The minimum atomic E-state index is 0.107. The molecule has 14 heavy (non-hydrogen) atoms. The standard InChI is InChI=1S/C11H21NO2/c1-3-4-9(2)11(13)7-10-8-12-5-6-14-10/h9-10,12H,3-8H2,1-2H3. The van der Waals surface area contributed by atoms with Crippen LogP contribution < -0.4 is 5.32 Å². The molecular formula is C11H21NO2. The van der Waals surface area contributed by atoms with Gasteiger partial charge in [-0.25, -0.2) is 0 Å². The number of ketones is 1. The predicted octanol–water partition coefficient (Wildman–Crippen LogP) is 1.37. The molecule has 0 radical (unpaired) electrons. The van der Waals surface area contributed by atoms with Gasteiger partial charge in [-0.05, 0) is 6.42 Å². The van der Waals surface area contributed by atoms with E-state index in [1.165, 1.54) is 0 Å². The average molecular weight is 199 g/mol. The van der Waals surface area contributed by atoms with Crippen molar-refractivity contribution in [1.29, 1.82) is 0 Å². The molecule has 0 aromatic heterocycles. The fourth-order valence-electron chi connectivity index (χ4n) is 1.77. The minimum absolute atomic E-state index is 0.107. The van der Waals surface area contributed by atoms with Gasteiger partial charge >= 0.3 is 0 Å². The van der Waals surface area contributed by atoms with Crippen LogP contribution in [0.3, 0.4) is 0 Å². The van der Waals surface area contributed by atoms with Crippen LogP contribution in [0.1, 0.15) is 33.1 Å². The molecular weight excluding hydrogens is 178 g/mol. The average Bonchev–Trinajstić information content (AvgIpc) is 2.19. The predicted molar refractivity (Wildman–Crippen MR) is 56.3 cm³/mol. The molecule has 0 aliphatic carbocycles. The van der Waals surface area contributed by atoms with E-state index in [0.29, 0.717) is 12.2 Å². The molecule has 2 atom stereocenters. The largest absolute Gasteiger partial charge is 0.375 e. The van der Waals surface area contributed by atoms with Gasteiger partial charge < -0.3 is 10.1 Å². The SMILES string of the molecule is CCCC(C)C(=O)CC1CNCCO1. The molecule has 1 heterocycles. The van der Waals surface area contributed by atoms with Crippen LogP contribution >= 0.6 is 0 Å². The Balaban J connectivity index is 2.24. The summed E-state index contributed by atoms with van der Waals surface area (Å²) < 4.78 is 5.49. The van der Waals surface area contributed by atoms with Crippen molar-refractivity contribution in [3.8, 4) is 0 Å². The molecule has 1 N–H and O–H groups in total. The Morgan fingerprint density at radius 1 is 1.64 bits per heavy atom. The van der Waals surface area contributed by atoms with Crippen molar-refractivity contribution in [3.05, 3.63) is 0 Å². The van der Waals surface area contributed by atoms with Gasteiger partial charge in [-0.15, -0.1) is 0 Å². The first kappa shape index (κ1) is 11.7. The zero-order valence-electron chi connectivity index (χ0n) is 9.21. The molecule has 0 bridgehead atoms. The summed E-state index contributed by atoms with van der Waals surface area (Å²) in [5.74, 6) is 0.547. The van der Waals surface area contributed by atoms with Gasteiger partial charge in [0.15, 0.2) is 0 Å². The number of Topliss-reactive ketones (excluding diaryl/α,β-unsaturated/α-hetero) is 1. The van der Waals surface area contributed by atoms with Gasteiger partial charge in [-0.3, -0.25) is 4.79 Å². The van der Waals surface area contributed by atoms with Gasteiger partial charge in [0.1, 0.15) is 5.78 Å². The smallest absolute Gasteiger partial charge is 0.138 e. The first-order chi connectivity index (χ1) is 6.74. The highest BCUT2D eigenvalue weighted by Crippen LogP contribution is 2.12. The fraction of sp³-hybridized carbons (Fsp3) is 0.909. The lowest BCUT2D eigenvalue weighted by Crippen LogP contribution is -2.40. The maximum atomic E-state index is 11.7. The summed E-state index contributed by atoms with van der Waals surface area (Å²) >= 11 is 0. The van der Waals surface area contributed by atoms with Gasteiger partial charge in [0.25, 0.3) is 0 Å². The maximum absolute atomic E-state index is 11.7. The Hall–Kier alpha value is -0.410. The van der Waals surface area contributed by atoms with Crippen molar-refractivity contribution in [2.75, 3.05) is 19.7 Å². The summed E-state index contributed by atoms with van der Waals surface area (Å²) in [6.07, 6.45) is 2.76. The van der Waals surface area contributed by atoms with Crippen molar-refractivity contribution < 1.29 is 9.53 Å². The topological polar surface area (TPSA) is 38.3 Å². The summed E-state index contributed by atoms with van der Waals surface area (Å²) in [4.78, 5) is 11.7. The van der Waals surface area contributed by atoms with Gasteiger partial charge in [0.2, 0.25) is 0 Å². The first-order valence-corrected chi connectivity index (χ1v) is 5.59. The molecule has 0 spiro atoms. The molecule has 1 aliphatic rings. The second-order valence-corrected chi connectivity index (χ2v) is 4.06. The highest BCUT2D eigenvalue weighted by Gasteiger charge is 2.20. The number of morpholine rings is 1. The van der Waals surface area contributed by atoms with E-state index >= 15 is 0 Å². The molecule has 0 amide bonds. The Kier molecular flexibility index (Phi) is 5.12. The van der Waals surface area contributed by atoms with Crippen LogP contribution in [0.15, 0.2) is 0 Å². The fourth-order valence-corrected chi connectivity index (χ4v) is 1.77. The number of ether oxygens (including phenoxy) is 1. The summed E-state index contributed by atoms with van der Waals surface area (Å²) in [6.45, 7) is 6.60. The Bertz CT molecular complexity index is 176. The molecule has 1 rings (SSSR count). The third-order valence-electron chi connectivity index (χ3n) is 2.70. The van der Waals surface area contributed by atoms with E-state index in [0.717, 1.165) is 32.5 Å². The van der Waals surface area contributed by atoms with Gasteiger partial charge in [0.05, 0.1) is 12.7 Å². The highest BCUT2D eigenvalue weighted by molar-refractivity contribution is 5.81. The van der Waals surface area contributed by atoms with Crippen LogP contribution in [0.2, 0.25) is 0 Å². The first-order valence-electron chi connectivity index (χ1n) is 5.59. The monoisotopic (exact) mass is 199 g/mol. The molecule has 2 unspecified atom stereocenters. The zero-order chi connectivity index (χ0) is 10.4. The normalized spacial score (nSPS) is 24.6. The van der Waals surface area contributed by atoms with Crippen LogP contribution in [0.5, 0.6) is 0 Å². The van der Waals surface area contributed by atoms with Gasteiger partial charge in [-0.1, -0.05) is 20.3 Å². The van der Waals surface area contributed by atoms with E-state index in [4.69, 9.17) is 4.74 Å². The molecule has 1 fully saturated rings. The lowest BCUT2D eigenvalue weighted by atomic mass is 9.96. The van der Waals surface area contributed by atoms with Crippen molar-refractivity contribution >= 4 is 5.78 Å². The molecule has 1 aliphatic heterocycles. The van der Waals surface area contributed by atoms with E-state index < -0.39 is 0 Å². The summed E-state index contributed by atoms with van der Waals surface area (Å²) in [6, 6.07) is 0. The number of hydrogen-bond donors (Lipinski definition) is 1. The van der Waals surface area contributed by atoms with Crippen LogP contribution in [0.25, 0.3) is 0 Å². The Morgan fingerprint density at radius 3 is 3.00 bits per heavy atom. The zero-order valence-corrected chi connectivity index (χ0v) is 9.21. The van der Waals surface area contributed by atoms with Crippen LogP contribution in [0.4, 0.5) is 0 Å². The van der Waals surface area contributed by atoms with E-state index in [2.05, 4.69) is 12.2 Å². The van der Waals surface area contributed by atoms with Crippen molar-refractivity contribution in [2.24, 2.45) is 5.92 Å². The third kappa shape index (κ3) is 3.76. The Labute approximate surface area is 86.2 Å². The maximum Gasteiger partial charge on any atom is 0.138 e. The molecule has 0 saturated carbocycles. The highest BCUT2D eigenvalue weighted by atomic mass is 16.5. The molecule has 1 saturated heterocycles. The number of carbonyl (C=O) groups excluding carboxylic acids is 1. The van der Waals surface area contributed by atoms with Crippen molar-refractivity contribution in [1.82, 2.24) is 5.32 Å². The van der Waals surface area contributed by atoms with Crippen molar-refractivity contribution in [2.45, 2.75) is 39.2 Å². The second-order valence-electron chi connectivity index (χ2n) is 4.06. The van der Waals surface area contributed by atoms with E-state index in [1.807, 2.05) is 6.92 Å². The number of rotatable bonds is 5. The minimum Gasteiger partial charge on any atom is -0.375 e. The van der Waals surface area contributed by atoms with E-state index in [1.54, 1.807) is 0 Å². The van der Waals surface area contributed by atoms with Crippen molar-refractivity contribution in [3.63, 3.8) is 0 Å². The summed E-state index contributed by atoms with van der Waals surface area (Å²) in [7, 11) is 0. The van der Waals surface area contributed by atoms with Crippen LogP contribution in [-0.2, 0) is 9.53 Å².